The van der Waals surface area contributed by atoms with Gasteiger partial charge in [-0.3, -0.25) is 9.59 Å². The van der Waals surface area contributed by atoms with Gasteiger partial charge < -0.3 is 19.4 Å². The molecule has 0 saturated heterocycles. The molecule has 0 aliphatic carbocycles. The van der Waals surface area contributed by atoms with E-state index in [1.165, 1.54) is 4.90 Å². The Hall–Kier alpha value is -4.04. The van der Waals surface area contributed by atoms with E-state index >= 15 is 0 Å². The number of likely N-dealkylation sites (N-methyl/N-ethyl adjacent to an activating group) is 1. The minimum atomic E-state index is -1.11. The number of pyridine rings is 1. The summed E-state index contributed by atoms with van der Waals surface area (Å²) in [6, 6.07) is 17.2. The van der Waals surface area contributed by atoms with Gasteiger partial charge in [0.2, 0.25) is 0 Å². The summed E-state index contributed by atoms with van der Waals surface area (Å²) < 4.78 is 39.4. The van der Waals surface area contributed by atoms with Crippen molar-refractivity contribution in [1.29, 1.82) is 0 Å². The van der Waals surface area contributed by atoms with Crippen molar-refractivity contribution in [2.24, 2.45) is 0 Å². The third-order valence-electron chi connectivity index (χ3n) is 5.89. The molecule has 34 heavy (non-hydrogen) atoms. The summed E-state index contributed by atoms with van der Waals surface area (Å²) in [6.07, 6.45) is 0. The molecular weight excluding hydrogens is 442 g/mol. The quantitative estimate of drug-likeness (QED) is 0.466. The first-order valence-corrected chi connectivity index (χ1v) is 10.6. The Kier molecular flexibility index (Phi) is 5.59. The van der Waals surface area contributed by atoms with Gasteiger partial charge >= 0.3 is 0 Å². The van der Waals surface area contributed by atoms with Crippen LogP contribution in [0.15, 0.2) is 71.5 Å². The maximum atomic E-state index is 14.1. The molecular formula is C26H20F2N2O4. The monoisotopic (exact) mass is 462 g/mol. The zero-order chi connectivity index (χ0) is 23.8. The van der Waals surface area contributed by atoms with E-state index in [0.717, 1.165) is 12.1 Å². The second kappa shape index (κ2) is 8.72. The molecule has 4 aromatic rings. The van der Waals surface area contributed by atoms with Crippen LogP contribution in [0.3, 0.4) is 0 Å². The van der Waals surface area contributed by atoms with Crippen LogP contribution in [-0.4, -0.2) is 29.4 Å². The number of aromatic amines is 1. The molecule has 1 amide bonds. The van der Waals surface area contributed by atoms with Gasteiger partial charge in [-0.05, 0) is 47.9 Å². The van der Waals surface area contributed by atoms with Crippen LogP contribution in [0.25, 0.3) is 10.8 Å². The zero-order valence-electron chi connectivity index (χ0n) is 18.2. The highest BCUT2D eigenvalue weighted by Crippen LogP contribution is 2.34. The number of amides is 1. The van der Waals surface area contributed by atoms with Crippen LogP contribution in [0.2, 0.25) is 0 Å². The Morgan fingerprint density at radius 2 is 1.71 bits per heavy atom. The molecule has 172 valence electrons. The van der Waals surface area contributed by atoms with Gasteiger partial charge in [-0.25, -0.2) is 8.78 Å². The smallest absolute Gasteiger partial charge is 0.256 e. The summed E-state index contributed by atoms with van der Waals surface area (Å²) in [5.41, 5.74) is 0.804. The fraction of sp³-hybridized carbons (Fsp3) is 0.154. The minimum absolute atomic E-state index is 0.0173. The number of H-pyrrole nitrogens is 1. The molecule has 1 N–H and O–H groups in total. The van der Waals surface area contributed by atoms with Gasteiger partial charge in [-0.2, -0.15) is 0 Å². The van der Waals surface area contributed by atoms with Gasteiger partial charge in [0, 0.05) is 23.9 Å². The largest absolute Gasteiger partial charge is 0.457 e. The van der Waals surface area contributed by atoms with Crippen molar-refractivity contribution in [3.63, 3.8) is 0 Å². The number of nitrogens with zero attached hydrogens (tertiary/aromatic N) is 1. The van der Waals surface area contributed by atoms with Crippen molar-refractivity contribution in [2.75, 3.05) is 13.7 Å². The second-order valence-corrected chi connectivity index (χ2v) is 8.05. The van der Waals surface area contributed by atoms with Crippen molar-refractivity contribution in [3.8, 4) is 11.5 Å². The summed E-state index contributed by atoms with van der Waals surface area (Å²) in [4.78, 5) is 30.0. The summed E-state index contributed by atoms with van der Waals surface area (Å²) >= 11 is 0. The van der Waals surface area contributed by atoms with E-state index in [-0.39, 0.29) is 29.9 Å². The second-order valence-electron chi connectivity index (χ2n) is 8.05. The standard InChI is InChI=1S/C26H20F2N2O4/c1-30(26(32)15-6-5-9-17(10-15)34-16-7-3-2-4-8-16)23-14-33-13-22-24(23)18-11-20(27)21(28)12-19(18)25(31)29-22/h2-12,23H,13-14H2,1H3,(H,29,31)/t23-/m1/s1. The number of halogens is 2. The van der Waals surface area contributed by atoms with Gasteiger partial charge in [0.05, 0.1) is 24.6 Å². The van der Waals surface area contributed by atoms with E-state index in [9.17, 15) is 18.4 Å². The highest BCUT2D eigenvalue weighted by Gasteiger charge is 2.31. The number of rotatable bonds is 4. The summed E-state index contributed by atoms with van der Waals surface area (Å²) in [6.45, 7) is 0.230. The lowest BCUT2D eigenvalue weighted by molar-refractivity contribution is 0.0335. The molecule has 2 heterocycles. The van der Waals surface area contributed by atoms with Gasteiger partial charge in [0.25, 0.3) is 11.5 Å². The van der Waals surface area contributed by atoms with Crippen LogP contribution in [0.4, 0.5) is 8.78 Å². The average Bonchev–Trinajstić information content (AvgIpc) is 2.85. The molecule has 1 aliphatic rings. The van der Waals surface area contributed by atoms with E-state index in [0.29, 0.717) is 28.3 Å². The van der Waals surface area contributed by atoms with Crippen molar-refractivity contribution < 1.29 is 23.0 Å². The van der Waals surface area contributed by atoms with Gasteiger partial charge in [0.1, 0.15) is 11.5 Å². The number of carbonyl (C=O) groups is 1. The number of hydrogen-bond donors (Lipinski definition) is 1. The molecule has 1 atom stereocenters. The van der Waals surface area contributed by atoms with E-state index in [1.54, 1.807) is 31.3 Å². The lowest BCUT2D eigenvalue weighted by atomic mass is 9.95. The van der Waals surface area contributed by atoms with Crippen molar-refractivity contribution >= 4 is 16.7 Å². The lowest BCUT2D eigenvalue weighted by Crippen LogP contribution is -2.37. The third-order valence-corrected chi connectivity index (χ3v) is 5.89. The molecule has 0 unspecified atom stereocenters. The highest BCUT2D eigenvalue weighted by atomic mass is 19.2. The summed E-state index contributed by atoms with van der Waals surface area (Å²) in [7, 11) is 1.60. The number of aromatic nitrogens is 1. The van der Waals surface area contributed by atoms with E-state index < -0.39 is 23.2 Å². The SMILES string of the molecule is CN(C(=O)c1cccc(Oc2ccccc2)c1)[C@@H]1COCc2[nH]c(=O)c3cc(F)c(F)cc3c21. The van der Waals surface area contributed by atoms with Crippen LogP contribution in [0.1, 0.15) is 27.7 Å². The molecule has 0 radical (unpaired) electrons. The number of hydrogen-bond acceptors (Lipinski definition) is 4. The first kappa shape index (κ1) is 21.8. The predicted molar refractivity (Wildman–Crippen MR) is 122 cm³/mol. The fourth-order valence-electron chi connectivity index (χ4n) is 4.21. The van der Waals surface area contributed by atoms with Crippen LogP contribution in [0, 0.1) is 11.6 Å². The molecule has 6 nitrogen and oxygen atoms in total. The summed E-state index contributed by atoms with van der Waals surface area (Å²) in [5.74, 6) is -1.36. The number of nitrogens with one attached hydrogen (secondary N) is 1. The highest BCUT2D eigenvalue weighted by molar-refractivity contribution is 5.95. The molecule has 1 aromatic heterocycles. The number of benzene rings is 3. The van der Waals surface area contributed by atoms with Crippen LogP contribution < -0.4 is 10.3 Å². The molecule has 0 saturated carbocycles. The normalized spacial score (nSPS) is 15.1. The van der Waals surface area contributed by atoms with Crippen molar-refractivity contribution in [2.45, 2.75) is 12.6 Å². The first-order valence-electron chi connectivity index (χ1n) is 10.6. The Morgan fingerprint density at radius 1 is 1.00 bits per heavy atom. The molecule has 0 bridgehead atoms. The topological polar surface area (TPSA) is 71.6 Å². The molecule has 0 spiro atoms. The average molecular weight is 462 g/mol. The molecule has 5 rings (SSSR count). The van der Waals surface area contributed by atoms with E-state index in [4.69, 9.17) is 9.47 Å². The maximum absolute atomic E-state index is 14.1. The number of para-hydroxylation sites is 1. The number of fused-ring (bicyclic) bond motifs is 3. The van der Waals surface area contributed by atoms with Crippen LogP contribution >= 0.6 is 0 Å². The maximum Gasteiger partial charge on any atom is 0.256 e. The molecule has 1 aliphatic heterocycles. The first-order chi connectivity index (χ1) is 16.4. The van der Waals surface area contributed by atoms with Gasteiger partial charge in [0.15, 0.2) is 11.6 Å². The predicted octanol–water partition coefficient (Wildman–Crippen LogP) is 4.94. The molecule has 3 aromatic carbocycles. The Labute approximate surface area is 193 Å². The Bertz CT molecular complexity index is 1450. The Balaban J connectivity index is 1.51. The molecule has 0 fully saturated rings. The number of carbonyl (C=O) groups excluding carboxylic acids is 1. The zero-order valence-corrected chi connectivity index (χ0v) is 18.2. The molecule has 8 heteroatoms. The number of ether oxygens (including phenoxy) is 2. The fourth-order valence-corrected chi connectivity index (χ4v) is 4.21. The lowest BCUT2D eigenvalue weighted by Gasteiger charge is -2.34. The van der Waals surface area contributed by atoms with Gasteiger partial charge in [-0.1, -0.05) is 24.3 Å². The summed E-state index contributed by atoms with van der Waals surface area (Å²) in [5, 5.41) is 0.274. The van der Waals surface area contributed by atoms with Crippen LogP contribution in [-0.2, 0) is 11.3 Å². The Morgan fingerprint density at radius 3 is 2.47 bits per heavy atom. The van der Waals surface area contributed by atoms with E-state index in [2.05, 4.69) is 4.98 Å². The van der Waals surface area contributed by atoms with Crippen LogP contribution in [0.5, 0.6) is 11.5 Å². The van der Waals surface area contributed by atoms with Crippen molar-refractivity contribution in [1.82, 2.24) is 9.88 Å². The van der Waals surface area contributed by atoms with Crippen molar-refractivity contribution in [3.05, 3.63) is 106 Å². The van der Waals surface area contributed by atoms with Gasteiger partial charge in [-0.15, -0.1) is 0 Å². The third kappa shape index (κ3) is 3.92. The minimum Gasteiger partial charge on any atom is -0.457 e. The van der Waals surface area contributed by atoms with E-state index in [1.807, 2.05) is 30.3 Å².